The van der Waals surface area contributed by atoms with Crippen molar-refractivity contribution >= 4 is 0 Å². The highest BCUT2D eigenvalue weighted by atomic mass is 16.5. The lowest BCUT2D eigenvalue weighted by atomic mass is 9.93. The van der Waals surface area contributed by atoms with Crippen LogP contribution in [0.3, 0.4) is 0 Å². The van der Waals surface area contributed by atoms with Crippen molar-refractivity contribution in [1.29, 1.82) is 0 Å². The third-order valence-electron chi connectivity index (χ3n) is 2.44. The van der Waals surface area contributed by atoms with E-state index in [1.165, 1.54) is 25.9 Å². The molecule has 72 valence electrons. The second-order valence-electron chi connectivity index (χ2n) is 4.70. The van der Waals surface area contributed by atoms with Crippen LogP contribution in [0.5, 0.6) is 0 Å². The van der Waals surface area contributed by atoms with Crippen LogP contribution in [0.4, 0.5) is 0 Å². The van der Waals surface area contributed by atoms with Crippen LogP contribution in [-0.2, 0) is 4.74 Å². The SMILES string of the molecule is COC(N1CCCC1)C(C)(C)C. The van der Waals surface area contributed by atoms with Gasteiger partial charge in [-0.25, -0.2) is 0 Å². The Morgan fingerprint density at radius 2 is 1.67 bits per heavy atom. The lowest BCUT2D eigenvalue weighted by Gasteiger charge is -2.36. The van der Waals surface area contributed by atoms with Crippen LogP contribution in [0.25, 0.3) is 0 Å². The van der Waals surface area contributed by atoms with Gasteiger partial charge in [0.05, 0.1) is 0 Å². The number of hydrogen-bond acceptors (Lipinski definition) is 2. The van der Waals surface area contributed by atoms with Crippen LogP contribution in [0, 0.1) is 5.41 Å². The molecule has 0 spiro atoms. The summed E-state index contributed by atoms with van der Waals surface area (Å²) in [6.45, 7) is 9.12. The van der Waals surface area contributed by atoms with Gasteiger partial charge in [0.1, 0.15) is 6.23 Å². The normalized spacial score (nSPS) is 23.0. The zero-order valence-electron chi connectivity index (χ0n) is 8.76. The van der Waals surface area contributed by atoms with Crippen LogP contribution < -0.4 is 0 Å². The van der Waals surface area contributed by atoms with Crippen molar-refractivity contribution in [2.24, 2.45) is 5.41 Å². The maximum Gasteiger partial charge on any atom is 0.115 e. The van der Waals surface area contributed by atoms with E-state index in [2.05, 4.69) is 25.7 Å². The number of methoxy groups -OCH3 is 1. The molecule has 2 nitrogen and oxygen atoms in total. The first kappa shape index (κ1) is 10.0. The fourth-order valence-corrected chi connectivity index (χ4v) is 2.03. The Bertz CT molecular complexity index is 133. The van der Waals surface area contributed by atoms with E-state index in [1.54, 1.807) is 0 Å². The smallest absolute Gasteiger partial charge is 0.115 e. The minimum Gasteiger partial charge on any atom is -0.366 e. The van der Waals surface area contributed by atoms with Gasteiger partial charge in [0, 0.05) is 25.6 Å². The minimum atomic E-state index is 0.235. The highest BCUT2D eigenvalue weighted by Crippen LogP contribution is 2.27. The Morgan fingerprint density at radius 3 is 2.00 bits per heavy atom. The summed E-state index contributed by atoms with van der Waals surface area (Å²) in [4.78, 5) is 2.44. The molecule has 0 aromatic carbocycles. The zero-order chi connectivity index (χ0) is 9.19. The van der Waals surface area contributed by atoms with E-state index in [1.807, 2.05) is 7.11 Å². The van der Waals surface area contributed by atoms with Crippen molar-refractivity contribution in [3.63, 3.8) is 0 Å². The first-order valence-corrected chi connectivity index (χ1v) is 4.82. The predicted octanol–water partition coefficient (Wildman–Crippen LogP) is 2.10. The van der Waals surface area contributed by atoms with Crippen molar-refractivity contribution in [3.8, 4) is 0 Å². The molecule has 0 N–H and O–H groups in total. The maximum absolute atomic E-state index is 5.52. The Labute approximate surface area is 75.9 Å². The Morgan fingerprint density at radius 1 is 1.17 bits per heavy atom. The number of ether oxygens (including phenoxy) is 1. The number of nitrogens with zero attached hydrogens (tertiary/aromatic N) is 1. The van der Waals surface area contributed by atoms with Crippen LogP contribution in [0.1, 0.15) is 33.6 Å². The van der Waals surface area contributed by atoms with Gasteiger partial charge >= 0.3 is 0 Å². The molecule has 12 heavy (non-hydrogen) atoms. The summed E-state index contributed by atoms with van der Waals surface area (Å²) < 4.78 is 5.52. The van der Waals surface area contributed by atoms with E-state index in [0.717, 1.165) is 0 Å². The average molecular weight is 171 g/mol. The van der Waals surface area contributed by atoms with Crippen molar-refractivity contribution in [2.45, 2.75) is 39.8 Å². The molecule has 0 aliphatic carbocycles. The van der Waals surface area contributed by atoms with E-state index < -0.39 is 0 Å². The molecular formula is C10H21NO. The topological polar surface area (TPSA) is 12.5 Å². The maximum atomic E-state index is 5.52. The zero-order valence-corrected chi connectivity index (χ0v) is 8.76. The third kappa shape index (κ3) is 2.20. The van der Waals surface area contributed by atoms with E-state index in [4.69, 9.17) is 4.74 Å². The fraction of sp³-hybridized carbons (Fsp3) is 1.00. The molecule has 0 aromatic heterocycles. The van der Waals surface area contributed by atoms with Gasteiger partial charge in [-0.05, 0) is 12.8 Å². The Balaban J connectivity index is 2.54. The summed E-state index contributed by atoms with van der Waals surface area (Å²) in [7, 11) is 1.81. The van der Waals surface area contributed by atoms with Crippen molar-refractivity contribution in [2.75, 3.05) is 20.2 Å². The number of likely N-dealkylation sites (tertiary alicyclic amines) is 1. The van der Waals surface area contributed by atoms with E-state index >= 15 is 0 Å². The summed E-state index contributed by atoms with van der Waals surface area (Å²) >= 11 is 0. The number of rotatable bonds is 2. The Kier molecular flexibility index (Phi) is 3.13. The molecule has 1 heterocycles. The lowest BCUT2D eigenvalue weighted by Crippen LogP contribution is -2.43. The van der Waals surface area contributed by atoms with Gasteiger partial charge in [-0.1, -0.05) is 20.8 Å². The van der Waals surface area contributed by atoms with Gasteiger partial charge in [-0.2, -0.15) is 0 Å². The average Bonchev–Trinajstić information content (AvgIpc) is 2.38. The molecule has 1 rings (SSSR count). The van der Waals surface area contributed by atoms with E-state index in [-0.39, 0.29) is 5.41 Å². The minimum absolute atomic E-state index is 0.235. The molecule has 1 aliphatic heterocycles. The highest BCUT2D eigenvalue weighted by Gasteiger charge is 2.31. The van der Waals surface area contributed by atoms with Crippen LogP contribution in [-0.4, -0.2) is 31.3 Å². The quantitative estimate of drug-likeness (QED) is 0.631. The summed E-state index contributed by atoms with van der Waals surface area (Å²) in [5.74, 6) is 0. The number of hydrogen-bond donors (Lipinski definition) is 0. The van der Waals surface area contributed by atoms with Gasteiger partial charge in [0.25, 0.3) is 0 Å². The van der Waals surface area contributed by atoms with Gasteiger partial charge in [0.2, 0.25) is 0 Å². The van der Waals surface area contributed by atoms with Crippen LogP contribution in [0.2, 0.25) is 0 Å². The Hall–Kier alpha value is -0.0800. The second-order valence-corrected chi connectivity index (χ2v) is 4.70. The van der Waals surface area contributed by atoms with Crippen LogP contribution >= 0.6 is 0 Å². The molecule has 2 heteroatoms. The summed E-state index contributed by atoms with van der Waals surface area (Å²) in [5, 5.41) is 0. The standard InChI is InChI=1S/C10H21NO/c1-10(2,3)9(12-4)11-7-5-6-8-11/h9H,5-8H2,1-4H3. The van der Waals surface area contributed by atoms with Gasteiger partial charge in [-0.3, -0.25) is 4.90 Å². The van der Waals surface area contributed by atoms with E-state index in [9.17, 15) is 0 Å². The fourth-order valence-electron chi connectivity index (χ4n) is 2.03. The molecule has 0 amide bonds. The summed E-state index contributed by atoms with van der Waals surface area (Å²) in [6, 6.07) is 0. The molecule has 0 radical (unpaired) electrons. The molecule has 1 fully saturated rings. The van der Waals surface area contributed by atoms with Crippen molar-refractivity contribution in [3.05, 3.63) is 0 Å². The molecule has 1 unspecified atom stereocenters. The molecule has 0 bridgehead atoms. The first-order chi connectivity index (χ1) is 5.55. The molecule has 0 saturated carbocycles. The molecule has 0 aromatic rings. The third-order valence-corrected chi connectivity index (χ3v) is 2.44. The van der Waals surface area contributed by atoms with Crippen molar-refractivity contribution in [1.82, 2.24) is 4.90 Å². The molecular weight excluding hydrogens is 150 g/mol. The van der Waals surface area contributed by atoms with Gasteiger partial charge in [-0.15, -0.1) is 0 Å². The predicted molar refractivity (Wildman–Crippen MR) is 51.1 cm³/mol. The lowest BCUT2D eigenvalue weighted by molar-refractivity contribution is -0.0880. The van der Waals surface area contributed by atoms with Crippen molar-refractivity contribution < 1.29 is 4.74 Å². The molecule has 1 aliphatic rings. The monoisotopic (exact) mass is 171 g/mol. The van der Waals surface area contributed by atoms with Gasteiger partial charge in [0.15, 0.2) is 0 Å². The van der Waals surface area contributed by atoms with Gasteiger partial charge < -0.3 is 4.74 Å². The molecule has 1 atom stereocenters. The first-order valence-electron chi connectivity index (χ1n) is 4.82. The highest BCUT2D eigenvalue weighted by molar-refractivity contribution is 4.78. The summed E-state index contributed by atoms with van der Waals surface area (Å²) in [6.07, 6.45) is 2.95. The summed E-state index contributed by atoms with van der Waals surface area (Å²) in [5.41, 5.74) is 0.235. The van der Waals surface area contributed by atoms with Crippen LogP contribution in [0.15, 0.2) is 0 Å². The largest absolute Gasteiger partial charge is 0.366 e. The van der Waals surface area contributed by atoms with E-state index in [0.29, 0.717) is 6.23 Å². The molecule has 1 saturated heterocycles. The second kappa shape index (κ2) is 3.75.